The highest BCUT2D eigenvalue weighted by molar-refractivity contribution is 7.85. The van der Waals surface area contributed by atoms with Gasteiger partial charge in [0.1, 0.15) is 6.17 Å². The van der Waals surface area contributed by atoms with E-state index in [2.05, 4.69) is 4.90 Å². The smallest absolute Gasteiger partial charge is 0.333 e. The largest absolute Gasteiger partial charge is 0.492 e. The first kappa shape index (κ1) is 45.8. The summed E-state index contributed by atoms with van der Waals surface area (Å²) >= 11 is -1.94. The van der Waals surface area contributed by atoms with Gasteiger partial charge in [-0.05, 0) is 66.8 Å². The fraction of sp³-hybridized carbons (Fsp3) is 0.405. The summed E-state index contributed by atoms with van der Waals surface area (Å²) in [7, 11) is -1.49. The second kappa shape index (κ2) is 19.0. The number of aliphatic imine (C=N–C) groups is 1. The zero-order valence-electron chi connectivity index (χ0n) is 34.5. The molecule has 324 valence electrons. The molecule has 18 heteroatoms. The highest BCUT2D eigenvalue weighted by atomic mass is 32.2. The Labute approximate surface area is 353 Å². The van der Waals surface area contributed by atoms with E-state index < -0.39 is 49.8 Å². The minimum absolute atomic E-state index is 0.0617. The van der Waals surface area contributed by atoms with Gasteiger partial charge in [0, 0.05) is 72.8 Å². The molecule has 0 aliphatic carbocycles. The molecule has 3 aliphatic rings. The number of hydrogen-bond acceptors (Lipinski definition) is 12. The van der Waals surface area contributed by atoms with Crippen molar-refractivity contribution in [2.24, 2.45) is 10.4 Å². The fourth-order valence-corrected chi connectivity index (χ4v) is 8.27. The molecule has 0 spiro atoms. The number of carbonyl (C=O) groups is 2. The van der Waals surface area contributed by atoms with E-state index in [-0.39, 0.29) is 29.1 Å². The van der Waals surface area contributed by atoms with Crippen molar-refractivity contribution in [1.82, 2.24) is 14.7 Å². The zero-order valence-corrected chi connectivity index (χ0v) is 36.1. The second-order valence-corrected chi connectivity index (χ2v) is 18.0. The standard InChI is InChI=1S/C42H53N5O11S2/c1-41(2)32-26-29(40(51)44(5)57-6)28-45(23-15-25-59(52)53)39(32)43-34(41)16-11-8-7-9-12-17-35-42(3,4)31-27-30(60(54,55)56)19-20-33(31)46(35)24-14-10-13-18-38(50)58-47-36(48)21-22-37(47)49/h7-9,11-12,16-17,19-22,26-28,39,48-49H,10,13-15,18,23-25H2,1-6H3,(H,52,53)(H,54,55,56). The first-order valence-corrected chi connectivity index (χ1v) is 22.1. The quantitative estimate of drug-likeness (QED) is 0.0475. The van der Waals surface area contributed by atoms with Crippen LogP contribution in [0, 0.1) is 5.41 Å². The van der Waals surface area contributed by atoms with E-state index >= 15 is 0 Å². The number of nitrogens with zero attached hydrogens (tertiary/aromatic N) is 5. The molecule has 0 fully saturated rings. The van der Waals surface area contributed by atoms with E-state index in [0.717, 1.165) is 33.3 Å². The first-order chi connectivity index (χ1) is 28.3. The lowest BCUT2D eigenvalue weighted by Gasteiger charge is -2.34. The third-order valence-electron chi connectivity index (χ3n) is 10.7. The average Bonchev–Trinajstić information content (AvgIpc) is 3.72. The molecule has 0 radical (unpaired) electrons. The van der Waals surface area contributed by atoms with Crippen molar-refractivity contribution < 1.29 is 51.2 Å². The molecule has 2 atom stereocenters. The number of fused-ring (bicyclic) bond motifs is 2. The van der Waals surface area contributed by atoms with Crippen molar-refractivity contribution in [2.75, 3.05) is 37.9 Å². The number of hydrogen-bond donors (Lipinski definition) is 4. The van der Waals surface area contributed by atoms with Crippen LogP contribution in [0.1, 0.15) is 65.4 Å². The second-order valence-electron chi connectivity index (χ2n) is 15.5. The highest BCUT2D eigenvalue weighted by Crippen LogP contribution is 2.49. The van der Waals surface area contributed by atoms with E-state index in [1.54, 1.807) is 12.3 Å². The van der Waals surface area contributed by atoms with Crippen LogP contribution in [0.4, 0.5) is 5.69 Å². The van der Waals surface area contributed by atoms with Crippen molar-refractivity contribution in [1.29, 1.82) is 0 Å². The van der Waals surface area contributed by atoms with E-state index in [1.807, 2.05) is 81.2 Å². The lowest BCUT2D eigenvalue weighted by atomic mass is 9.78. The van der Waals surface area contributed by atoms with E-state index in [4.69, 9.17) is 14.7 Å². The number of anilines is 1. The van der Waals surface area contributed by atoms with Gasteiger partial charge >= 0.3 is 5.97 Å². The molecular weight excluding hydrogens is 815 g/mol. The first-order valence-electron chi connectivity index (χ1n) is 19.4. The topological polar surface area (TPSA) is 212 Å². The number of aromatic nitrogens is 1. The number of benzene rings is 1. The number of unbranched alkanes of at least 4 members (excludes halogenated alkanes) is 2. The van der Waals surface area contributed by atoms with Gasteiger partial charge in [0.25, 0.3) is 16.0 Å². The van der Waals surface area contributed by atoms with E-state index in [0.29, 0.717) is 49.1 Å². The molecule has 4 N–H and O–H groups in total. The molecule has 16 nitrogen and oxygen atoms in total. The number of rotatable bonds is 18. The molecule has 1 aromatic carbocycles. The lowest BCUT2D eigenvalue weighted by Crippen LogP contribution is -2.38. The van der Waals surface area contributed by atoms with Gasteiger partial charge in [0.15, 0.2) is 11.1 Å². The maximum absolute atomic E-state index is 13.1. The van der Waals surface area contributed by atoms with Crippen LogP contribution in [-0.4, -0.2) is 103 Å². The summed E-state index contributed by atoms with van der Waals surface area (Å²) in [5.74, 6) is -1.63. The van der Waals surface area contributed by atoms with Crippen molar-refractivity contribution in [3.63, 3.8) is 0 Å². The number of hydroxylamine groups is 2. The van der Waals surface area contributed by atoms with Gasteiger partial charge < -0.3 is 29.4 Å². The number of allylic oxidation sites excluding steroid dienone is 8. The molecule has 2 unspecified atom stereocenters. The fourth-order valence-electron chi connectivity index (χ4n) is 7.39. The van der Waals surface area contributed by atoms with Crippen molar-refractivity contribution in [3.05, 3.63) is 108 Å². The number of likely N-dealkylation sites (N-methyl/N-ethyl adjacent to an activating group) is 1. The Balaban J connectivity index is 1.28. The Morgan fingerprint density at radius 2 is 1.63 bits per heavy atom. The van der Waals surface area contributed by atoms with Crippen LogP contribution in [0.2, 0.25) is 0 Å². The molecule has 5 rings (SSSR count). The molecule has 1 aromatic heterocycles. The maximum Gasteiger partial charge on any atom is 0.333 e. The summed E-state index contributed by atoms with van der Waals surface area (Å²) < 4.78 is 55.2. The molecule has 0 saturated carbocycles. The summed E-state index contributed by atoms with van der Waals surface area (Å²) in [4.78, 5) is 44.4. The number of amides is 1. The molecule has 0 saturated heterocycles. The van der Waals surface area contributed by atoms with Crippen LogP contribution in [-0.2, 0) is 41.0 Å². The number of aromatic hydroxyl groups is 2. The summed E-state index contributed by atoms with van der Waals surface area (Å²) in [6, 6.07) is 6.97. The van der Waals surface area contributed by atoms with E-state index in [1.165, 1.54) is 38.4 Å². The Kier molecular flexibility index (Phi) is 14.5. The van der Waals surface area contributed by atoms with Crippen LogP contribution >= 0.6 is 0 Å². The summed E-state index contributed by atoms with van der Waals surface area (Å²) in [5, 5.41) is 20.6. The maximum atomic E-state index is 13.1. The van der Waals surface area contributed by atoms with Crippen LogP contribution in [0.3, 0.4) is 0 Å². The normalized spacial score (nSPS) is 19.5. The monoisotopic (exact) mass is 867 g/mol. The van der Waals surface area contributed by atoms with Crippen LogP contribution in [0.15, 0.2) is 112 Å². The van der Waals surface area contributed by atoms with Gasteiger partial charge in [-0.2, -0.15) is 8.42 Å². The predicted molar refractivity (Wildman–Crippen MR) is 228 cm³/mol. The van der Waals surface area contributed by atoms with Gasteiger partial charge in [-0.3, -0.25) is 19.2 Å². The van der Waals surface area contributed by atoms with Gasteiger partial charge in [-0.1, -0.05) is 64.5 Å². The third kappa shape index (κ3) is 10.4. The lowest BCUT2D eigenvalue weighted by molar-refractivity contribution is -0.163. The SMILES string of the molecule is CON(C)C(=O)C1=CN(CCCS(=O)O)C2N=C(C=CC=CC=CC=C3N(CCCCCC(=O)On4c(O)ccc4O)c4ccc(S(=O)(=O)O)cc4C3(C)C)C(C)(C)C2=C1. The molecule has 2 aromatic rings. The Bertz CT molecular complexity index is 2300. The highest BCUT2D eigenvalue weighted by Gasteiger charge is 2.44. The molecule has 4 heterocycles. The molecule has 0 bridgehead atoms. The van der Waals surface area contributed by atoms with Crippen LogP contribution in [0.5, 0.6) is 11.8 Å². The summed E-state index contributed by atoms with van der Waals surface area (Å²) in [6.45, 7) is 9.01. The third-order valence-corrected chi connectivity index (χ3v) is 12.2. The summed E-state index contributed by atoms with van der Waals surface area (Å²) in [6.07, 6.45) is 18.8. The number of carbonyl (C=O) groups excluding carboxylic acids is 2. The average molecular weight is 868 g/mol. The van der Waals surface area contributed by atoms with Gasteiger partial charge in [0.05, 0.1) is 23.3 Å². The molecular formula is C42H53N5O11S2. The van der Waals surface area contributed by atoms with Crippen molar-refractivity contribution in [2.45, 2.75) is 76.3 Å². The van der Waals surface area contributed by atoms with Crippen molar-refractivity contribution in [3.8, 4) is 11.8 Å². The Morgan fingerprint density at radius 1 is 0.950 bits per heavy atom. The predicted octanol–water partition coefficient (Wildman–Crippen LogP) is 5.58. The minimum Gasteiger partial charge on any atom is -0.492 e. The molecule has 1 amide bonds. The Hall–Kier alpha value is -5.27. The van der Waals surface area contributed by atoms with Crippen LogP contribution in [0.25, 0.3) is 0 Å². The van der Waals surface area contributed by atoms with Gasteiger partial charge in [-0.25, -0.2) is 14.1 Å². The van der Waals surface area contributed by atoms with Crippen LogP contribution < -0.4 is 9.74 Å². The van der Waals surface area contributed by atoms with Gasteiger partial charge in [-0.15, -0.1) is 4.73 Å². The Morgan fingerprint density at radius 3 is 2.30 bits per heavy atom. The van der Waals surface area contributed by atoms with Crippen molar-refractivity contribution >= 4 is 44.5 Å². The minimum atomic E-state index is -4.43. The molecule has 3 aliphatic heterocycles. The molecule has 60 heavy (non-hydrogen) atoms. The zero-order chi connectivity index (χ0) is 44.0. The summed E-state index contributed by atoms with van der Waals surface area (Å²) in [5.41, 5.74) is 3.43. The van der Waals surface area contributed by atoms with Gasteiger partial charge in [0.2, 0.25) is 11.8 Å². The van der Waals surface area contributed by atoms with E-state index in [9.17, 15) is 41.5 Å².